The quantitative estimate of drug-likeness (QED) is 0.574. The maximum atomic E-state index is 12.6. The summed E-state index contributed by atoms with van der Waals surface area (Å²) in [5.74, 6) is 0.170. The van der Waals surface area contributed by atoms with Crippen molar-refractivity contribution in [2.45, 2.75) is 6.92 Å². The molecule has 1 N–H and O–H groups in total. The summed E-state index contributed by atoms with van der Waals surface area (Å²) in [6.45, 7) is 2.29. The van der Waals surface area contributed by atoms with Crippen molar-refractivity contribution in [2.75, 3.05) is 33.4 Å². The van der Waals surface area contributed by atoms with E-state index in [1.165, 1.54) is 21.6 Å². The van der Waals surface area contributed by atoms with Crippen molar-refractivity contribution in [3.63, 3.8) is 0 Å². The lowest BCUT2D eigenvalue weighted by atomic mass is 10.2. The molecule has 8 heteroatoms. The van der Waals surface area contributed by atoms with Crippen LogP contribution in [0.15, 0.2) is 29.2 Å². The van der Waals surface area contributed by atoms with Crippen LogP contribution < -0.4 is 4.74 Å². The molecule has 0 aliphatic carbocycles. The number of thiocarbonyl (C=S) groups is 1. The smallest absolute Gasteiger partial charge is 0.266 e. The summed E-state index contributed by atoms with van der Waals surface area (Å²) in [5, 5.41) is 9.01. The van der Waals surface area contributed by atoms with E-state index < -0.39 is 0 Å². The number of carbonyl (C=O) groups excluding carboxylic acids is 2. The molecule has 0 saturated carbocycles. The third-order valence-corrected chi connectivity index (χ3v) is 5.04. The average molecular weight is 380 g/mol. The van der Waals surface area contributed by atoms with Gasteiger partial charge in [-0.2, -0.15) is 0 Å². The standard InChI is InChI=1S/C17H20N2O4S2/c1-3-18(7-8-20)15(21)11-19-16(22)14(25-17(19)24)10-12-5-4-6-13(9-12)23-2/h4-6,9-10,20H,3,7-8,11H2,1-2H3/b14-10-. The number of methoxy groups -OCH3 is 1. The zero-order valence-corrected chi connectivity index (χ0v) is 15.7. The highest BCUT2D eigenvalue weighted by atomic mass is 32.2. The minimum absolute atomic E-state index is 0.117. The number of nitrogens with zero attached hydrogens (tertiary/aromatic N) is 2. The van der Waals surface area contributed by atoms with E-state index in [0.717, 1.165) is 5.56 Å². The molecule has 1 saturated heterocycles. The van der Waals surface area contributed by atoms with Crippen molar-refractivity contribution < 1.29 is 19.4 Å². The Hall–Kier alpha value is -1.90. The van der Waals surface area contributed by atoms with Crippen molar-refractivity contribution in [1.82, 2.24) is 9.80 Å². The number of hydrogen-bond donors (Lipinski definition) is 1. The topological polar surface area (TPSA) is 70.1 Å². The number of carbonyl (C=O) groups is 2. The van der Waals surface area contributed by atoms with Gasteiger partial charge in [-0.25, -0.2) is 0 Å². The van der Waals surface area contributed by atoms with Crippen LogP contribution in [0, 0.1) is 0 Å². The number of hydrogen-bond acceptors (Lipinski definition) is 6. The van der Waals surface area contributed by atoms with Gasteiger partial charge in [-0.1, -0.05) is 36.1 Å². The molecule has 134 valence electrons. The summed E-state index contributed by atoms with van der Waals surface area (Å²) in [4.78, 5) is 28.1. The summed E-state index contributed by atoms with van der Waals surface area (Å²) in [6.07, 6.45) is 1.73. The van der Waals surface area contributed by atoms with Crippen LogP contribution >= 0.6 is 24.0 Å². The second-order valence-corrected chi connectivity index (χ2v) is 6.92. The molecule has 1 aliphatic heterocycles. The Labute approximate surface area is 156 Å². The molecular formula is C17H20N2O4S2. The van der Waals surface area contributed by atoms with Crippen LogP contribution in [-0.2, 0) is 9.59 Å². The SMILES string of the molecule is CCN(CCO)C(=O)CN1C(=O)/C(=C/c2cccc(OC)c2)SC1=S. The van der Waals surface area contributed by atoms with Gasteiger partial charge in [0.25, 0.3) is 5.91 Å². The Morgan fingerprint density at radius 1 is 1.48 bits per heavy atom. The first-order valence-corrected chi connectivity index (χ1v) is 9.00. The number of likely N-dealkylation sites (N-methyl/N-ethyl adjacent to an activating group) is 1. The fourth-order valence-corrected chi connectivity index (χ4v) is 3.59. The summed E-state index contributed by atoms with van der Waals surface area (Å²) in [5.41, 5.74) is 0.821. The van der Waals surface area contributed by atoms with Crippen molar-refractivity contribution >= 4 is 46.2 Å². The van der Waals surface area contributed by atoms with Gasteiger partial charge in [0, 0.05) is 13.1 Å². The number of aliphatic hydroxyl groups excluding tert-OH is 1. The predicted molar refractivity (Wildman–Crippen MR) is 102 cm³/mol. The fraction of sp³-hybridized carbons (Fsp3) is 0.353. The molecular weight excluding hydrogens is 360 g/mol. The van der Waals surface area contributed by atoms with Crippen LogP contribution in [0.2, 0.25) is 0 Å². The van der Waals surface area contributed by atoms with Gasteiger partial charge < -0.3 is 14.7 Å². The average Bonchev–Trinajstić information content (AvgIpc) is 2.87. The summed E-state index contributed by atoms with van der Waals surface area (Å²) in [7, 11) is 1.58. The van der Waals surface area contributed by atoms with Gasteiger partial charge in [0.05, 0.1) is 18.6 Å². The van der Waals surface area contributed by atoms with Gasteiger partial charge >= 0.3 is 0 Å². The molecule has 0 unspecified atom stereocenters. The highest BCUT2D eigenvalue weighted by Crippen LogP contribution is 2.32. The van der Waals surface area contributed by atoms with Crippen molar-refractivity contribution in [2.24, 2.45) is 0 Å². The molecule has 0 spiro atoms. The van der Waals surface area contributed by atoms with E-state index in [-0.39, 0.29) is 31.5 Å². The van der Waals surface area contributed by atoms with Crippen LogP contribution in [0.4, 0.5) is 0 Å². The van der Waals surface area contributed by atoms with E-state index in [1.54, 1.807) is 13.2 Å². The first-order chi connectivity index (χ1) is 12.0. The van der Waals surface area contributed by atoms with Crippen molar-refractivity contribution in [3.05, 3.63) is 34.7 Å². The van der Waals surface area contributed by atoms with Crippen LogP contribution in [0.3, 0.4) is 0 Å². The normalized spacial score (nSPS) is 15.8. The lowest BCUT2D eigenvalue weighted by molar-refractivity contribution is -0.135. The van der Waals surface area contributed by atoms with Gasteiger partial charge in [0.15, 0.2) is 0 Å². The second-order valence-electron chi connectivity index (χ2n) is 5.24. The zero-order chi connectivity index (χ0) is 18.4. The summed E-state index contributed by atoms with van der Waals surface area (Å²) < 4.78 is 5.53. The van der Waals surface area contributed by atoms with Gasteiger partial charge in [0.2, 0.25) is 5.91 Å². The van der Waals surface area contributed by atoms with Gasteiger partial charge in [-0.05, 0) is 30.7 Å². The third kappa shape index (κ3) is 4.81. The molecule has 1 aromatic rings. The molecule has 1 aliphatic rings. The summed E-state index contributed by atoms with van der Waals surface area (Å²) >= 11 is 6.42. The second kappa shape index (κ2) is 8.98. The minimum atomic E-state index is -0.286. The molecule has 6 nitrogen and oxygen atoms in total. The number of thioether (sulfide) groups is 1. The van der Waals surface area contributed by atoms with E-state index in [0.29, 0.717) is 21.5 Å². The molecule has 0 bridgehead atoms. The molecule has 2 amide bonds. The molecule has 0 aromatic heterocycles. The number of benzene rings is 1. The van der Waals surface area contributed by atoms with E-state index in [1.807, 2.05) is 31.2 Å². The lowest BCUT2D eigenvalue weighted by Crippen LogP contribution is -2.43. The molecule has 1 heterocycles. The van der Waals surface area contributed by atoms with E-state index in [4.69, 9.17) is 22.1 Å². The highest BCUT2D eigenvalue weighted by Gasteiger charge is 2.34. The third-order valence-electron chi connectivity index (χ3n) is 3.66. The number of amides is 2. The Bertz CT molecular complexity index is 706. The highest BCUT2D eigenvalue weighted by molar-refractivity contribution is 8.26. The van der Waals surface area contributed by atoms with Crippen LogP contribution in [0.5, 0.6) is 5.75 Å². The van der Waals surface area contributed by atoms with Crippen LogP contribution in [0.25, 0.3) is 6.08 Å². The van der Waals surface area contributed by atoms with Crippen LogP contribution in [0.1, 0.15) is 12.5 Å². The van der Waals surface area contributed by atoms with Gasteiger partial charge in [-0.15, -0.1) is 0 Å². The molecule has 1 fully saturated rings. The summed E-state index contributed by atoms with van der Waals surface area (Å²) in [6, 6.07) is 7.34. The monoisotopic (exact) mass is 380 g/mol. The largest absolute Gasteiger partial charge is 0.497 e. The van der Waals surface area contributed by atoms with E-state index in [9.17, 15) is 9.59 Å². The number of ether oxygens (including phenoxy) is 1. The first-order valence-electron chi connectivity index (χ1n) is 7.78. The van der Waals surface area contributed by atoms with Gasteiger partial charge in [0.1, 0.15) is 16.6 Å². The maximum Gasteiger partial charge on any atom is 0.266 e. The Morgan fingerprint density at radius 2 is 2.24 bits per heavy atom. The fourth-order valence-electron chi connectivity index (χ4n) is 2.33. The lowest BCUT2D eigenvalue weighted by Gasteiger charge is -2.22. The maximum absolute atomic E-state index is 12.6. The van der Waals surface area contributed by atoms with E-state index >= 15 is 0 Å². The number of aliphatic hydroxyl groups is 1. The van der Waals surface area contributed by atoms with Crippen LogP contribution in [-0.4, -0.2) is 64.4 Å². The van der Waals surface area contributed by atoms with E-state index in [2.05, 4.69) is 0 Å². The molecule has 1 aromatic carbocycles. The van der Waals surface area contributed by atoms with Crippen molar-refractivity contribution in [3.8, 4) is 5.75 Å². The first kappa shape index (κ1) is 19.4. The number of rotatable bonds is 7. The Morgan fingerprint density at radius 3 is 2.88 bits per heavy atom. The molecule has 0 atom stereocenters. The zero-order valence-electron chi connectivity index (χ0n) is 14.1. The predicted octanol–water partition coefficient (Wildman–Crippen LogP) is 1.74. The molecule has 2 rings (SSSR count). The molecule has 0 radical (unpaired) electrons. The Balaban J connectivity index is 2.13. The van der Waals surface area contributed by atoms with Crippen molar-refractivity contribution in [1.29, 1.82) is 0 Å². The van der Waals surface area contributed by atoms with Gasteiger partial charge in [-0.3, -0.25) is 14.5 Å². The Kier molecular flexibility index (Phi) is 6.98. The minimum Gasteiger partial charge on any atom is -0.497 e. The molecule has 25 heavy (non-hydrogen) atoms.